The van der Waals surface area contributed by atoms with Crippen LogP contribution >= 0.6 is 22.6 Å². The molecule has 0 radical (unpaired) electrons. The highest BCUT2D eigenvalue weighted by Gasteiger charge is 2.10. The molecule has 0 atom stereocenters. The second-order valence-electron chi connectivity index (χ2n) is 4.45. The molecule has 0 aromatic heterocycles. The number of aliphatic hydroxyl groups excluding tert-OH is 1. The molecule has 0 amide bonds. The highest BCUT2D eigenvalue weighted by Crippen LogP contribution is 2.32. The van der Waals surface area contributed by atoms with E-state index in [-0.39, 0.29) is 6.61 Å². The smallest absolute Gasteiger partial charge is 0.162 e. The van der Waals surface area contributed by atoms with Crippen LogP contribution in [0, 0.1) is 3.57 Å². The first-order valence-corrected chi connectivity index (χ1v) is 7.99. The van der Waals surface area contributed by atoms with Gasteiger partial charge in [0.25, 0.3) is 0 Å². The lowest BCUT2D eigenvalue weighted by Crippen LogP contribution is -2.04. The van der Waals surface area contributed by atoms with Crippen LogP contribution in [0.4, 0.5) is 0 Å². The lowest BCUT2D eigenvalue weighted by atomic mass is 10.2. The van der Waals surface area contributed by atoms with Crippen molar-refractivity contribution in [2.75, 3.05) is 13.2 Å². The molecule has 108 valence electrons. The highest BCUT2D eigenvalue weighted by molar-refractivity contribution is 14.1. The third kappa shape index (κ3) is 5.57. The summed E-state index contributed by atoms with van der Waals surface area (Å²) in [5, 5.41) is 9.32. The number of unbranched alkanes of at least 4 members (excludes halogenated alkanes) is 2. The first kappa shape index (κ1) is 16.6. The number of hydrogen-bond donors (Lipinski definition) is 1. The molecule has 0 aliphatic rings. The average Bonchev–Trinajstić information content (AvgIpc) is 2.41. The first-order chi connectivity index (χ1) is 9.22. The lowest BCUT2D eigenvalue weighted by molar-refractivity contribution is 0.257. The minimum atomic E-state index is 0.0254. The van der Waals surface area contributed by atoms with Crippen LogP contribution in [0.5, 0.6) is 11.5 Å². The number of aliphatic hydroxyl groups is 1. The van der Waals surface area contributed by atoms with Crippen molar-refractivity contribution in [3.05, 3.63) is 21.3 Å². The normalized spacial score (nSPS) is 10.5. The standard InChI is InChI=1S/C15H23IO3/c1-3-5-7-18-14-9-12(11-17)13(16)10-15(14)19-8-6-4-2/h9-10,17H,3-8,11H2,1-2H3. The van der Waals surface area contributed by atoms with Crippen molar-refractivity contribution in [3.63, 3.8) is 0 Å². The molecule has 0 fully saturated rings. The van der Waals surface area contributed by atoms with Gasteiger partial charge in [-0.05, 0) is 53.1 Å². The quantitative estimate of drug-likeness (QED) is 0.519. The van der Waals surface area contributed by atoms with Crippen LogP contribution < -0.4 is 9.47 Å². The molecule has 0 spiro atoms. The molecule has 1 N–H and O–H groups in total. The van der Waals surface area contributed by atoms with Gasteiger partial charge in [0.2, 0.25) is 0 Å². The summed E-state index contributed by atoms with van der Waals surface area (Å²) in [5.41, 5.74) is 0.884. The van der Waals surface area contributed by atoms with Gasteiger partial charge in [0.15, 0.2) is 11.5 Å². The lowest BCUT2D eigenvalue weighted by Gasteiger charge is -2.15. The topological polar surface area (TPSA) is 38.7 Å². The van der Waals surface area contributed by atoms with E-state index in [1.54, 1.807) is 0 Å². The van der Waals surface area contributed by atoms with Crippen LogP contribution in [0.1, 0.15) is 45.1 Å². The molecular formula is C15H23IO3. The SMILES string of the molecule is CCCCOc1cc(I)c(CO)cc1OCCCC. The Labute approximate surface area is 129 Å². The van der Waals surface area contributed by atoms with Crippen molar-refractivity contribution < 1.29 is 14.6 Å². The van der Waals surface area contributed by atoms with Crippen LogP contribution in [0.25, 0.3) is 0 Å². The second-order valence-corrected chi connectivity index (χ2v) is 5.61. The largest absolute Gasteiger partial charge is 0.490 e. The Bertz CT molecular complexity index is 380. The van der Waals surface area contributed by atoms with Crippen molar-refractivity contribution in [2.45, 2.75) is 46.1 Å². The molecule has 0 aliphatic heterocycles. The zero-order chi connectivity index (χ0) is 14.1. The molecule has 0 unspecified atom stereocenters. The first-order valence-electron chi connectivity index (χ1n) is 6.91. The monoisotopic (exact) mass is 378 g/mol. The summed E-state index contributed by atoms with van der Waals surface area (Å²) < 4.78 is 12.6. The third-order valence-corrected chi connectivity index (χ3v) is 3.80. The molecule has 0 aliphatic carbocycles. The van der Waals surface area contributed by atoms with Gasteiger partial charge in [-0.3, -0.25) is 0 Å². The van der Waals surface area contributed by atoms with E-state index in [0.29, 0.717) is 13.2 Å². The molecule has 0 bridgehead atoms. The molecular weight excluding hydrogens is 355 g/mol. The number of hydrogen-bond acceptors (Lipinski definition) is 3. The summed E-state index contributed by atoms with van der Waals surface area (Å²) in [6.45, 7) is 5.69. The summed E-state index contributed by atoms with van der Waals surface area (Å²) in [6, 6.07) is 3.84. The summed E-state index contributed by atoms with van der Waals surface area (Å²) in [5.74, 6) is 1.53. The Morgan fingerprint density at radius 1 is 1.00 bits per heavy atom. The highest BCUT2D eigenvalue weighted by atomic mass is 127. The third-order valence-electron chi connectivity index (χ3n) is 2.79. The van der Waals surface area contributed by atoms with E-state index in [1.165, 1.54) is 0 Å². The van der Waals surface area contributed by atoms with Crippen molar-refractivity contribution in [2.24, 2.45) is 0 Å². The fourth-order valence-electron chi connectivity index (χ4n) is 1.58. The molecule has 1 aromatic carbocycles. The summed E-state index contributed by atoms with van der Waals surface area (Å²) in [6.07, 6.45) is 4.27. The Morgan fingerprint density at radius 3 is 2.00 bits per heavy atom. The number of rotatable bonds is 9. The van der Waals surface area contributed by atoms with E-state index in [4.69, 9.17) is 9.47 Å². The second kappa shape index (κ2) is 9.42. The van der Waals surface area contributed by atoms with Gasteiger partial charge in [-0.1, -0.05) is 26.7 Å². The summed E-state index contributed by atoms with van der Waals surface area (Å²) in [7, 11) is 0. The van der Waals surface area contributed by atoms with Gasteiger partial charge in [0, 0.05) is 3.57 Å². The molecule has 19 heavy (non-hydrogen) atoms. The maximum atomic E-state index is 9.32. The predicted octanol–water partition coefficient (Wildman–Crippen LogP) is 4.14. The number of halogens is 1. The molecule has 1 rings (SSSR count). The van der Waals surface area contributed by atoms with Crippen LogP contribution in [0.2, 0.25) is 0 Å². The zero-order valence-corrected chi connectivity index (χ0v) is 13.9. The van der Waals surface area contributed by atoms with Gasteiger partial charge in [-0.25, -0.2) is 0 Å². The fourth-order valence-corrected chi connectivity index (χ4v) is 2.19. The van der Waals surface area contributed by atoms with Gasteiger partial charge in [-0.15, -0.1) is 0 Å². The van der Waals surface area contributed by atoms with Crippen molar-refractivity contribution in [1.29, 1.82) is 0 Å². The van der Waals surface area contributed by atoms with Gasteiger partial charge in [0.1, 0.15) is 0 Å². The minimum absolute atomic E-state index is 0.0254. The van der Waals surface area contributed by atoms with Gasteiger partial charge in [-0.2, -0.15) is 0 Å². The molecule has 0 saturated carbocycles. The molecule has 1 aromatic rings. The van der Waals surface area contributed by atoms with E-state index in [9.17, 15) is 5.11 Å². The fraction of sp³-hybridized carbons (Fsp3) is 0.600. The van der Waals surface area contributed by atoms with E-state index in [0.717, 1.165) is 46.3 Å². The van der Waals surface area contributed by atoms with E-state index >= 15 is 0 Å². The Kier molecular flexibility index (Phi) is 8.21. The summed E-state index contributed by atoms with van der Waals surface area (Å²) >= 11 is 2.21. The van der Waals surface area contributed by atoms with Crippen LogP contribution in [-0.4, -0.2) is 18.3 Å². The van der Waals surface area contributed by atoms with Gasteiger partial charge in [0.05, 0.1) is 19.8 Å². The number of benzene rings is 1. The van der Waals surface area contributed by atoms with E-state index < -0.39 is 0 Å². The van der Waals surface area contributed by atoms with Crippen molar-refractivity contribution >= 4 is 22.6 Å². The van der Waals surface area contributed by atoms with E-state index in [1.807, 2.05) is 12.1 Å². The van der Waals surface area contributed by atoms with Gasteiger partial charge >= 0.3 is 0 Å². The van der Waals surface area contributed by atoms with Crippen LogP contribution in [0.3, 0.4) is 0 Å². The Hall–Kier alpha value is -0.490. The molecule has 0 saturated heterocycles. The summed E-state index contributed by atoms with van der Waals surface area (Å²) in [4.78, 5) is 0. The predicted molar refractivity (Wildman–Crippen MR) is 85.9 cm³/mol. The minimum Gasteiger partial charge on any atom is -0.490 e. The van der Waals surface area contributed by atoms with Crippen LogP contribution in [0.15, 0.2) is 12.1 Å². The van der Waals surface area contributed by atoms with Crippen LogP contribution in [-0.2, 0) is 6.61 Å². The Balaban J connectivity index is 2.81. The van der Waals surface area contributed by atoms with Crippen molar-refractivity contribution in [1.82, 2.24) is 0 Å². The van der Waals surface area contributed by atoms with Crippen molar-refractivity contribution in [3.8, 4) is 11.5 Å². The molecule has 0 heterocycles. The Morgan fingerprint density at radius 2 is 1.53 bits per heavy atom. The maximum absolute atomic E-state index is 9.32. The van der Waals surface area contributed by atoms with E-state index in [2.05, 4.69) is 36.4 Å². The molecule has 3 nitrogen and oxygen atoms in total. The molecule has 4 heteroatoms. The zero-order valence-electron chi connectivity index (χ0n) is 11.7. The number of ether oxygens (including phenoxy) is 2. The average molecular weight is 378 g/mol. The van der Waals surface area contributed by atoms with Gasteiger partial charge < -0.3 is 14.6 Å². The maximum Gasteiger partial charge on any atom is 0.162 e.